The maximum absolute atomic E-state index is 8.72. The number of para-hydroxylation sites is 3. The molecule has 0 spiro atoms. The second kappa shape index (κ2) is 12.3. The van der Waals surface area contributed by atoms with Crippen molar-refractivity contribution in [3.63, 3.8) is 0 Å². The van der Waals surface area contributed by atoms with E-state index in [1.807, 2.05) is 42.5 Å². The first-order valence-corrected chi connectivity index (χ1v) is 18.3. The Balaban J connectivity index is 1.09. The Morgan fingerprint density at radius 1 is 0.404 bits per heavy atom. The zero-order valence-electron chi connectivity index (χ0n) is 39.8. The Morgan fingerprint density at radius 3 is 1.61 bits per heavy atom. The number of rotatable bonds is 5. The number of hydrogen-bond acceptors (Lipinski definition) is 4. The van der Waals surface area contributed by atoms with Crippen LogP contribution in [0.1, 0.15) is 13.7 Å². The molecule has 0 amide bonds. The summed E-state index contributed by atoms with van der Waals surface area (Å²) in [7, 11) is 0. The highest BCUT2D eigenvalue weighted by Crippen LogP contribution is 2.44. The van der Waals surface area contributed by atoms with Gasteiger partial charge in [-0.05, 0) is 60.7 Å². The predicted octanol–water partition coefficient (Wildman–Crippen LogP) is 13.0. The molecule has 57 heavy (non-hydrogen) atoms. The number of furan rings is 1. The van der Waals surface area contributed by atoms with Crippen LogP contribution in [0.15, 0.2) is 192 Å². The lowest BCUT2D eigenvalue weighted by atomic mass is 10.1. The van der Waals surface area contributed by atoms with E-state index in [1.165, 1.54) is 0 Å². The first-order chi connectivity index (χ1) is 32.4. The Hall–Kier alpha value is -7.83. The van der Waals surface area contributed by atoms with Gasteiger partial charge in [0.15, 0.2) is 17.5 Å². The molecule has 6 heteroatoms. The van der Waals surface area contributed by atoms with E-state index in [2.05, 4.69) is 96.9 Å². The Bertz CT molecular complexity index is 3980. The summed E-state index contributed by atoms with van der Waals surface area (Å²) in [5.74, 6) is -0.742. The molecule has 4 aromatic heterocycles. The minimum atomic E-state index is -0.617. The van der Waals surface area contributed by atoms with E-state index in [9.17, 15) is 0 Å². The van der Waals surface area contributed by atoms with Crippen LogP contribution in [0.5, 0.6) is 0 Å². The largest absolute Gasteiger partial charge is 0.456 e. The van der Waals surface area contributed by atoms with Gasteiger partial charge in [0.05, 0.1) is 46.8 Å². The van der Waals surface area contributed by atoms with Crippen LogP contribution < -0.4 is 0 Å². The van der Waals surface area contributed by atoms with Gasteiger partial charge in [-0.15, -0.1) is 0 Å². The van der Waals surface area contributed by atoms with Crippen molar-refractivity contribution in [2.45, 2.75) is 0 Å². The summed E-state index contributed by atoms with van der Waals surface area (Å²) in [5, 5.41) is 6.10. The fourth-order valence-corrected chi connectivity index (χ4v) is 8.22. The molecule has 0 unspecified atom stereocenters. The van der Waals surface area contributed by atoms with Crippen molar-refractivity contribution in [2.75, 3.05) is 0 Å². The molecule has 12 aromatic rings. The van der Waals surface area contributed by atoms with Gasteiger partial charge in [0.2, 0.25) is 0 Å². The average Bonchev–Trinajstić information content (AvgIpc) is 4.01. The fourth-order valence-electron chi connectivity index (χ4n) is 8.22. The Morgan fingerprint density at radius 2 is 0.965 bits per heavy atom. The lowest BCUT2D eigenvalue weighted by Gasteiger charge is -2.10. The minimum Gasteiger partial charge on any atom is -0.456 e. The van der Waals surface area contributed by atoms with Crippen molar-refractivity contribution in [2.24, 2.45) is 0 Å². The molecular formula is C51H31N5O. The minimum absolute atomic E-state index is 0.0534. The van der Waals surface area contributed by atoms with Crippen LogP contribution in [0.3, 0.4) is 0 Å². The summed E-state index contributed by atoms with van der Waals surface area (Å²) >= 11 is 0. The van der Waals surface area contributed by atoms with E-state index in [4.69, 9.17) is 18.1 Å². The van der Waals surface area contributed by atoms with Crippen molar-refractivity contribution in [3.8, 4) is 45.5 Å². The van der Waals surface area contributed by atoms with Crippen molar-refractivity contribution in [1.82, 2.24) is 24.1 Å². The molecule has 0 saturated heterocycles. The van der Waals surface area contributed by atoms with E-state index >= 15 is 0 Å². The van der Waals surface area contributed by atoms with Crippen LogP contribution in [0, 0.1) is 0 Å². The molecule has 0 aliphatic carbocycles. The zero-order chi connectivity index (χ0) is 46.2. The van der Waals surface area contributed by atoms with Gasteiger partial charge in [0.25, 0.3) is 0 Å². The fraction of sp³-hybridized carbons (Fsp3) is 0. The molecule has 266 valence electrons. The summed E-state index contributed by atoms with van der Waals surface area (Å²) in [5.41, 5.74) is 6.90. The van der Waals surface area contributed by atoms with E-state index in [-0.39, 0.29) is 28.6 Å². The van der Waals surface area contributed by atoms with Crippen LogP contribution in [-0.4, -0.2) is 24.1 Å². The average molecular weight is 740 g/mol. The SMILES string of the molecule is [2H]c1c([2H])c([2H])c(-c2nc(-c3ccc4c(c3)oc3cccc(-n5c6ccccc6c6c7c8ccccc8n(-c8ccccc8)c7ccc65)c34)nc(-c3c([2H])c([2H])c([2H])c([2H])c3[2H])n2)c([2H])c1[2H]. The second-order valence-electron chi connectivity index (χ2n) is 13.7. The van der Waals surface area contributed by atoms with Gasteiger partial charge in [-0.25, -0.2) is 15.0 Å². The predicted molar refractivity (Wildman–Crippen MR) is 232 cm³/mol. The molecule has 0 fully saturated rings. The highest BCUT2D eigenvalue weighted by atomic mass is 16.3. The van der Waals surface area contributed by atoms with E-state index in [1.54, 1.807) is 12.1 Å². The molecule has 4 heterocycles. The van der Waals surface area contributed by atoms with Gasteiger partial charge in [-0.1, -0.05) is 127 Å². The lowest BCUT2D eigenvalue weighted by molar-refractivity contribution is 0.669. The first kappa shape index (κ1) is 23.2. The van der Waals surface area contributed by atoms with Gasteiger partial charge in [-0.3, -0.25) is 0 Å². The van der Waals surface area contributed by atoms with Crippen LogP contribution in [-0.2, 0) is 0 Å². The third-order valence-corrected chi connectivity index (χ3v) is 10.5. The summed E-state index contributed by atoms with van der Waals surface area (Å²) < 4.78 is 95.8. The number of hydrogen-bond donors (Lipinski definition) is 0. The second-order valence-corrected chi connectivity index (χ2v) is 13.7. The van der Waals surface area contributed by atoms with Crippen molar-refractivity contribution in [1.29, 1.82) is 0 Å². The summed E-state index contributed by atoms with van der Waals surface area (Å²) in [6, 6.07) is 36.8. The van der Waals surface area contributed by atoms with E-state index in [0.717, 1.165) is 65.8 Å². The van der Waals surface area contributed by atoms with Gasteiger partial charge >= 0.3 is 0 Å². The normalized spacial score (nSPS) is 14.3. The molecule has 8 aromatic carbocycles. The molecule has 0 aliphatic heterocycles. The van der Waals surface area contributed by atoms with Crippen molar-refractivity contribution in [3.05, 3.63) is 188 Å². The first-order valence-electron chi connectivity index (χ1n) is 23.3. The standard InChI is InChI=1S/C51H31N5O/c1-4-15-32(16-5-1)49-52-50(33-17-6-2-7-18-33)54-51(53-49)34-27-28-38-45(31-34)57-44-26-14-25-41(46(38)44)56-40-24-13-11-22-37(40)48-43(56)30-29-42-47(48)36-21-10-12-23-39(36)55(42)35-19-8-3-9-20-35/h1-31H/i1D,2D,4D,5D,6D,7D,15D,16D,17D,18D. The smallest absolute Gasteiger partial charge is 0.164 e. The van der Waals surface area contributed by atoms with E-state index < -0.39 is 60.4 Å². The number of nitrogens with zero attached hydrogens (tertiary/aromatic N) is 5. The molecule has 0 saturated carbocycles. The highest BCUT2D eigenvalue weighted by Gasteiger charge is 2.23. The van der Waals surface area contributed by atoms with Crippen LogP contribution in [0.4, 0.5) is 0 Å². The summed E-state index contributed by atoms with van der Waals surface area (Å²) in [6.45, 7) is 0. The summed E-state index contributed by atoms with van der Waals surface area (Å²) in [6.07, 6.45) is 0. The Labute approximate surface area is 340 Å². The highest BCUT2D eigenvalue weighted by molar-refractivity contribution is 6.29. The molecule has 0 atom stereocenters. The molecule has 12 rings (SSSR count). The van der Waals surface area contributed by atoms with Gasteiger partial charge in [0.1, 0.15) is 11.2 Å². The maximum atomic E-state index is 8.72. The topological polar surface area (TPSA) is 61.7 Å². The third-order valence-electron chi connectivity index (χ3n) is 10.5. The molecule has 0 N–H and O–H groups in total. The Kier molecular flexibility index (Phi) is 5.02. The quantitative estimate of drug-likeness (QED) is 0.176. The van der Waals surface area contributed by atoms with Crippen LogP contribution >= 0.6 is 0 Å². The lowest BCUT2D eigenvalue weighted by Crippen LogP contribution is -2.00. The number of aromatic nitrogens is 5. The van der Waals surface area contributed by atoms with E-state index in [0.29, 0.717) is 16.7 Å². The number of fused-ring (bicyclic) bond motifs is 10. The van der Waals surface area contributed by atoms with Crippen molar-refractivity contribution >= 4 is 65.6 Å². The van der Waals surface area contributed by atoms with Crippen LogP contribution in [0.25, 0.3) is 111 Å². The van der Waals surface area contributed by atoms with Gasteiger partial charge < -0.3 is 13.6 Å². The maximum Gasteiger partial charge on any atom is 0.164 e. The zero-order valence-corrected chi connectivity index (χ0v) is 29.8. The number of benzene rings is 8. The molecule has 0 bridgehead atoms. The molecule has 0 radical (unpaired) electrons. The molecular weight excluding hydrogens is 699 g/mol. The monoisotopic (exact) mass is 739 g/mol. The molecule has 6 nitrogen and oxygen atoms in total. The van der Waals surface area contributed by atoms with Gasteiger partial charge in [0, 0.05) is 49.3 Å². The summed E-state index contributed by atoms with van der Waals surface area (Å²) in [4.78, 5) is 13.7. The van der Waals surface area contributed by atoms with Crippen molar-refractivity contribution < 1.29 is 18.1 Å². The molecule has 0 aliphatic rings. The third kappa shape index (κ3) is 4.81. The van der Waals surface area contributed by atoms with Crippen LogP contribution in [0.2, 0.25) is 0 Å². The van der Waals surface area contributed by atoms with Gasteiger partial charge in [-0.2, -0.15) is 0 Å².